The van der Waals surface area contributed by atoms with Gasteiger partial charge in [0.2, 0.25) is 0 Å². The Morgan fingerprint density at radius 1 is 0.457 bits per heavy atom. The lowest BCUT2D eigenvalue weighted by molar-refractivity contribution is 0.664. The van der Waals surface area contributed by atoms with Gasteiger partial charge in [-0.05, 0) is 99.1 Å². The molecular formula is C44H30O2. The van der Waals surface area contributed by atoms with Crippen molar-refractivity contribution >= 4 is 71.0 Å². The monoisotopic (exact) mass is 590 g/mol. The molecule has 9 aromatic rings. The summed E-state index contributed by atoms with van der Waals surface area (Å²) in [5.74, 6) is 0. The van der Waals surface area contributed by atoms with Crippen LogP contribution in [0.3, 0.4) is 0 Å². The number of hydrogen-bond donors (Lipinski definition) is 0. The van der Waals surface area contributed by atoms with E-state index >= 15 is 0 Å². The molecule has 218 valence electrons. The summed E-state index contributed by atoms with van der Waals surface area (Å²) in [5.41, 5.74) is 10.9. The minimum absolute atomic E-state index is 0.871. The van der Waals surface area contributed by atoms with Gasteiger partial charge in [0.15, 0.2) is 0 Å². The van der Waals surface area contributed by atoms with E-state index in [1.807, 2.05) is 25.1 Å². The summed E-state index contributed by atoms with van der Waals surface area (Å²) in [6, 6.07) is 45.7. The molecule has 2 aromatic heterocycles. The average molecular weight is 591 g/mol. The van der Waals surface area contributed by atoms with Crippen molar-refractivity contribution < 1.29 is 8.83 Å². The minimum atomic E-state index is 0.871. The topological polar surface area (TPSA) is 26.3 Å². The summed E-state index contributed by atoms with van der Waals surface area (Å²) in [7, 11) is 0. The van der Waals surface area contributed by atoms with Crippen molar-refractivity contribution in [1.29, 1.82) is 0 Å². The zero-order valence-corrected chi connectivity index (χ0v) is 25.7. The molecule has 0 N–H and O–H groups in total. The van der Waals surface area contributed by atoms with Crippen molar-refractivity contribution in [2.75, 3.05) is 0 Å². The van der Waals surface area contributed by atoms with E-state index in [-0.39, 0.29) is 0 Å². The van der Waals surface area contributed by atoms with E-state index in [1.165, 1.54) is 54.9 Å². The molecule has 0 bridgehead atoms. The second-order valence-corrected chi connectivity index (χ2v) is 12.0. The van der Waals surface area contributed by atoms with Crippen LogP contribution >= 0.6 is 0 Å². The molecule has 7 aromatic carbocycles. The highest BCUT2D eigenvalue weighted by Gasteiger charge is 2.19. The predicted molar refractivity (Wildman–Crippen MR) is 195 cm³/mol. The highest BCUT2D eigenvalue weighted by Crippen LogP contribution is 2.45. The Balaban J connectivity index is 1.27. The van der Waals surface area contributed by atoms with Crippen LogP contribution < -0.4 is 0 Å². The molecule has 0 spiro atoms. The summed E-state index contributed by atoms with van der Waals surface area (Å²) >= 11 is 0. The van der Waals surface area contributed by atoms with Crippen LogP contribution in [-0.4, -0.2) is 0 Å². The van der Waals surface area contributed by atoms with Crippen LogP contribution in [0.25, 0.3) is 93.2 Å². The Bertz CT molecular complexity index is 2640. The van der Waals surface area contributed by atoms with Crippen LogP contribution in [-0.2, 0) is 0 Å². The van der Waals surface area contributed by atoms with Gasteiger partial charge in [0.1, 0.15) is 22.3 Å². The van der Waals surface area contributed by atoms with Gasteiger partial charge in [0.25, 0.3) is 0 Å². The second-order valence-electron chi connectivity index (χ2n) is 12.0. The molecule has 0 amide bonds. The molecule has 0 atom stereocenters. The lowest BCUT2D eigenvalue weighted by Gasteiger charge is -2.18. The molecule has 0 saturated heterocycles. The van der Waals surface area contributed by atoms with Gasteiger partial charge in [-0.25, -0.2) is 0 Å². The lowest BCUT2D eigenvalue weighted by Crippen LogP contribution is -1.91. The van der Waals surface area contributed by atoms with Crippen molar-refractivity contribution in [3.05, 3.63) is 151 Å². The van der Waals surface area contributed by atoms with Crippen molar-refractivity contribution in [1.82, 2.24) is 0 Å². The zero-order chi connectivity index (χ0) is 30.8. The molecule has 2 heterocycles. The first-order valence-electron chi connectivity index (χ1n) is 15.8. The molecule has 0 unspecified atom stereocenters. The standard InChI is InChI=1S/C44H30O2/c1-3-4-11-27(2)28-18-20-29(21-19-28)43-32-13-5-7-15-34(32)44(35-16-8-6-14-33(35)43)30-22-23-40-36(24-30)38-26-41-37(25-42(38)46-40)31-12-9-10-17-39(31)45-41/h3-26H,1-2H3/b4-3-,27-11+. The second kappa shape index (κ2) is 10.4. The van der Waals surface area contributed by atoms with Crippen LogP contribution in [0.15, 0.2) is 154 Å². The first kappa shape index (κ1) is 26.5. The summed E-state index contributed by atoms with van der Waals surface area (Å²) in [4.78, 5) is 0. The third-order valence-electron chi connectivity index (χ3n) is 9.36. The number of rotatable bonds is 4. The summed E-state index contributed by atoms with van der Waals surface area (Å²) in [5, 5.41) is 9.28. The van der Waals surface area contributed by atoms with Gasteiger partial charge in [0.05, 0.1) is 0 Å². The Morgan fingerprint density at radius 3 is 1.54 bits per heavy atom. The lowest BCUT2D eigenvalue weighted by atomic mass is 9.85. The van der Waals surface area contributed by atoms with E-state index in [2.05, 4.69) is 134 Å². The highest BCUT2D eigenvalue weighted by molar-refractivity contribution is 6.22. The summed E-state index contributed by atoms with van der Waals surface area (Å²) in [6.07, 6.45) is 6.31. The van der Waals surface area contributed by atoms with Gasteiger partial charge in [-0.2, -0.15) is 0 Å². The zero-order valence-electron chi connectivity index (χ0n) is 25.7. The van der Waals surface area contributed by atoms with Gasteiger partial charge < -0.3 is 8.83 Å². The van der Waals surface area contributed by atoms with E-state index in [9.17, 15) is 0 Å². The summed E-state index contributed by atoms with van der Waals surface area (Å²) < 4.78 is 12.7. The third-order valence-corrected chi connectivity index (χ3v) is 9.36. The quantitative estimate of drug-likeness (QED) is 0.151. The maximum absolute atomic E-state index is 6.42. The molecule has 0 radical (unpaired) electrons. The number of allylic oxidation sites excluding steroid dienone is 4. The molecule has 0 aliphatic heterocycles. The maximum atomic E-state index is 6.42. The minimum Gasteiger partial charge on any atom is -0.456 e. The van der Waals surface area contributed by atoms with Gasteiger partial charge in [-0.3, -0.25) is 0 Å². The first-order valence-corrected chi connectivity index (χ1v) is 15.8. The van der Waals surface area contributed by atoms with Crippen LogP contribution in [0.1, 0.15) is 19.4 Å². The van der Waals surface area contributed by atoms with Gasteiger partial charge in [-0.1, -0.05) is 115 Å². The molecular weight excluding hydrogens is 560 g/mol. The molecule has 9 rings (SSSR count). The van der Waals surface area contributed by atoms with Crippen LogP contribution in [0.5, 0.6) is 0 Å². The molecule has 0 saturated carbocycles. The fourth-order valence-electron chi connectivity index (χ4n) is 7.14. The van der Waals surface area contributed by atoms with Crippen LogP contribution in [0, 0.1) is 0 Å². The smallest absolute Gasteiger partial charge is 0.136 e. The Kier molecular flexibility index (Phi) is 5.97. The van der Waals surface area contributed by atoms with E-state index in [0.29, 0.717) is 0 Å². The SMILES string of the molecule is C/C=C\C=C(/C)c1ccc(-c2c3ccccc3c(-c3ccc4oc5cc6c(cc5c4c3)oc3ccccc36)c3ccccc23)cc1. The van der Waals surface area contributed by atoms with E-state index < -0.39 is 0 Å². The molecule has 2 heteroatoms. The van der Waals surface area contributed by atoms with E-state index in [1.54, 1.807) is 0 Å². The van der Waals surface area contributed by atoms with Gasteiger partial charge in [0, 0.05) is 21.5 Å². The largest absolute Gasteiger partial charge is 0.456 e. The summed E-state index contributed by atoms with van der Waals surface area (Å²) in [6.45, 7) is 4.20. The number of furan rings is 2. The average Bonchev–Trinajstić information content (AvgIpc) is 3.65. The van der Waals surface area contributed by atoms with Crippen LogP contribution in [0.2, 0.25) is 0 Å². The van der Waals surface area contributed by atoms with Crippen LogP contribution in [0.4, 0.5) is 0 Å². The third kappa shape index (κ3) is 4.04. The molecule has 46 heavy (non-hydrogen) atoms. The maximum Gasteiger partial charge on any atom is 0.136 e. The van der Waals surface area contributed by atoms with Crippen molar-refractivity contribution in [3.63, 3.8) is 0 Å². The van der Waals surface area contributed by atoms with E-state index in [4.69, 9.17) is 8.83 Å². The van der Waals surface area contributed by atoms with E-state index in [0.717, 1.165) is 43.9 Å². The number of benzene rings is 7. The van der Waals surface area contributed by atoms with Gasteiger partial charge in [-0.15, -0.1) is 0 Å². The Labute approximate surface area is 266 Å². The predicted octanol–water partition coefficient (Wildman–Crippen LogP) is 13.1. The number of fused-ring (bicyclic) bond motifs is 8. The molecule has 0 aliphatic rings. The fraction of sp³-hybridized carbons (Fsp3) is 0.0455. The fourth-order valence-corrected chi connectivity index (χ4v) is 7.14. The van der Waals surface area contributed by atoms with Crippen molar-refractivity contribution in [2.24, 2.45) is 0 Å². The molecule has 0 aliphatic carbocycles. The Hall–Kier alpha value is -5.86. The van der Waals surface area contributed by atoms with Gasteiger partial charge >= 0.3 is 0 Å². The van der Waals surface area contributed by atoms with Crippen molar-refractivity contribution in [3.8, 4) is 22.3 Å². The molecule has 2 nitrogen and oxygen atoms in total. The molecule has 0 fully saturated rings. The Morgan fingerprint density at radius 2 is 0.935 bits per heavy atom. The van der Waals surface area contributed by atoms with Crippen molar-refractivity contribution in [2.45, 2.75) is 13.8 Å². The number of hydrogen-bond acceptors (Lipinski definition) is 2. The normalized spacial score (nSPS) is 12.6. The highest BCUT2D eigenvalue weighted by atomic mass is 16.3. The number of para-hydroxylation sites is 1. The first-order chi connectivity index (χ1) is 22.7.